The fraction of sp³-hybridized carbons (Fsp3) is 1.00. The van der Waals surface area contributed by atoms with Gasteiger partial charge in [0, 0.05) is 31.7 Å². The minimum absolute atomic E-state index is 0.0949. The van der Waals surface area contributed by atoms with Crippen LogP contribution in [0.5, 0.6) is 0 Å². The van der Waals surface area contributed by atoms with E-state index in [1.54, 1.807) is 0 Å². The van der Waals surface area contributed by atoms with Crippen molar-refractivity contribution in [2.24, 2.45) is 5.92 Å². The normalized spacial score (nSPS) is 37.3. The molecule has 2 rings (SSSR count). The molecule has 2 aliphatic heterocycles. The summed E-state index contributed by atoms with van der Waals surface area (Å²) in [6.07, 6.45) is 2.86. The van der Waals surface area contributed by atoms with Crippen molar-refractivity contribution in [1.82, 2.24) is 10.2 Å². The van der Waals surface area contributed by atoms with Gasteiger partial charge in [0.1, 0.15) is 0 Å². The SMILES string of the molecule is CC1CN(CC2CCC(C)(C)O2)C(C(C)C)CN1. The molecule has 0 aromatic carbocycles. The number of hydrogen-bond acceptors (Lipinski definition) is 3. The molecular formula is C15H30N2O. The first kappa shape index (κ1) is 14.3. The average molecular weight is 254 g/mol. The predicted molar refractivity (Wildman–Crippen MR) is 75.8 cm³/mol. The second-order valence-corrected chi connectivity index (χ2v) is 7.11. The lowest BCUT2D eigenvalue weighted by molar-refractivity contribution is -0.0414. The Labute approximate surface area is 112 Å². The Hall–Kier alpha value is -0.120. The molecule has 0 bridgehead atoms. The zero-order valence-electron chi connectivity index (χ0n) is 12.7. The van der Waals surface area contributed by atoms with Gasteiger partial charge in [0.25, 0.3) is 0 Å². The number of nitrogens with zero attached hydrogens (tertiary/aromatic N) is 1. The standard InChI is InChI=1S/C15H30N2O/c1-11(2)14-8-16-12(3)9-17(14)10-13-6-7-15(4,5)18-13/h11-14,16H,6-10H2,1-5H3. The van der Waals surface area contributed by atoms with E-state index in [9.17, 15) is 0 Å². The van der Waals surface area contributed by atoms with Crippen LogP contribution >= 0.6 is 0 Å². The van der Waals surface area contributed by atoms with Gasteiger partial charge in [-0.1, -0.05) is 13.8 Å². The van der Waals surface area contributed by atoms with Crippen molar-refractivity contribution >= 4 is 0 Å². The molecule has 0 amide bonds. The van der Waals surface area contributed by atoms with Crippen LogP contribution in [0, 0.1) is 5.92 Å². The van der Waals surface area contributed by atoms with Gasteiger partial charge in [-0.15, -0.1) is 0 Å². The summed E-state index contributed by atoms with van der Waals surface area (Å²) in [7, 11) is 0. The third kappa shape index (κ3) is 3.46. The number of hydrogen-bond donors (Lipinski definition) is 1. The molecule has 0 aliphatic carbocycles. The van der Waals surface area contributed by atoms with Crippen LogP contribution < -0.4 is 5.32 Å². The molecule has 3 atom stereocenters. The van der Waals surface area contributed by atoms with E-state index in [0.29, 0.717) is 24.1 Å². The fourth-order valence-corrected chi connectivity index (χ4v) is 3.34. The lowest BCUT2D eigenvalue weighted by atomic mass is 9.98. The van der Waals surface area contributed by atoms with Crippen molar-refractivity contribution < 1.29 is 4.74 Å². The van der Waals surface area contributed by atoms with Crippen LogP contribution in [-0.4, -0.2) is 48.3 Å². The molecule has 0 saturated carbocycles. The molecule has 2 aliphatic rings. The van der Waals surface area contributed by atoms with E-state index >= 15 is 0 Å². The van der Waals surface area contributed by atoms with Gasteiger partial charge in [0.05, 0.1) is 11.7 Å². The highest BCUT2D eigenvalue weighted by atomic mass is 16.5. The Kier molecular flexibility index (Phi) is 4.35. The molecule has 106 valence electrons. The van der Waals surface area contributed by atoms with E-state index < -0.39 is 0 Å². The number of nitrogens with one attached hydrogen (secondary N) is 1. The molecule has 0 spiro atoms. The largest absolute Gasteiger partial charge is 0.371 e. The van der Waals surface area contributed by atoms with Gasteiger partial charge in [-0.2, -0.15) is 0 Å². The summed E-state index contributed by atoms with van der Waals surface area (Å²) in [6, 6.07) is 1.27. The predicted octanol–water partition coefficient (Wildman–Crippen LogP) is 2.26. The van der Waals surface area contributed by atoms with Gasteiger partial charge in [0.2, 0.25) is 0 Å². The Morgan fingerprint density at radius 3 is 2.67 bits per heavy atom. The van der Waals surface area contributed by atoms with Crippen LogP contribution in [0.3, 0.4) is 0 Å². The van der Waals surface area contributed by atoms with E-state index in [0.717, 1.165) is 19.6 Å². The molecule has 0 aromatic heterocycles. The van der Waals surface area contributed by atoms with Crippen LogP contribution in [0.2, 0.25) is 0 Å². The monoisotopic (exact) mass is 254 g/mol. The van der Waals surface area contributed by atoms with Crippen molar-refractivity contribution in [3.8, 4) is 0 Å². The van der Waals surface area contributed by atoms with E-state index in [1.165, 1.54) is 12.8 Å². The molecule has 0 radical (unpaired) electrons. The van der Waals surface area contributed by atoms with Gasteiger partial charge in [0.15, 0.2) is 0 Å². The molecule has 18 heavy (non-hydrogen) atoms. The molecule has 2 heterocycles. The third-order valence-electron chi connectivity index (χ3n) is 4.41. The molecule has 0 aromatic rings. The summed E-state index contributed by atoms with van der Waals surface area (Å²) in [5, 5.41) is 3.60. The van der Waals surface area contributed by atoms with E-state index in [2.05, 4.69) is 44.8 Å². The summed E-state index contributed by atoms with van der Waals surface area (Å²) >= 11 is 0. The first-order valence-electron chi connectivity index (χ1n) is 7.52. The van der Waals surface area contributed by atoms with Crippen LogP contribution in [0.25, 0.3) is 0 Å². The Morgan fingerprint density at radius 2 is 2.11 bits per heavy atom. The van der Waals surface area contributed by atoms with Gasteiger partial charge in [-0.3, -0.25) is 4.90 Å². The molecular weight excluding hydrogens is 224 g/mol. The maximum atomic E-state index is 6.15. The van der Waals surface area contributed by atoms with Gasteiger partial charge < -0.3 is 10.1 Å². The van der Waals surface area contributed by atoms with Crippen molar-refractivity contribution in [2.75, 3.05) is 19.6 Å². The topological polar surface area (TPSA) is 24.5 Å². The maximum Gasteiger partial charge on any atom is 0.0710 e. The average Bonchev–Trinajstić information content (AvgIpc) is 2.57. The van der Waals surface area contributed by atoms with Crippen LogP contribution in [-0.2, 0) is 4.74 Å². The third-order valence-corrected chi connectivity index (χ3v) is 4.41. The van der Waals surface area contributed by atoms with Gasteiger partial charge in [-0.05, 0) is 39.5 Å². The van der Waals surface area contributed by atoms with E-state index in [-0.39, 0.29) is 5.60 Å². The first-order chi connectivity index (χ1) is 8.37. The maximum absolute atomic E-state index is 6.15. The molecule has 3 nitrogen and oxygen atoms in total. The first-order valence-corrected chi connectivity index (χ1v) is 7.52. The van der Waals surface area contributed by atoms with E-state index in [4.69, 9.17) is 4.74 Å². The zero-order chi connectivity index (χ0) is 13.3. The molecule has 1 N–H and O–H groups in total. The van der Waals surface area contributed by atoms with Crippen molar-refractivity contribution in [1.29, 1.82) is 0 Å². The summed E-state index contributed by atoms with van der Waals surface area (Å²) in [6.45, 7) is 14.8. The van der Waals surface area contributed by atoms with E-state index in [1.807, 2.05) is 0 Å². The second-order valence-electron chi connectivity index (χ2n) is 7.11. The highest BCUT2D eigenvalue weighted by molar-refractivity contribution is 4.90. The lowest BCUT2D eigenvalue weighted by Crippen LogP contribution is -2.58. The number of rotatable bonds is 3. The Morgan fingerprint density at radius 1 is 1.39 bits per heavy atom. The van der Waals surface area contributed by atoms with Crippen molar-refractivity contribution in [2.45, 2.75) is 71.2 Å². The number of ether oxygens (including phenoxy) is 1. The smallest absolute Gasteiger partial charge is 0.0710 e. The minimum atomic E-state index is 0.0949. The van der Waals surface area contributed by atoms with Crippen LogP contribution in [0.15, 0.2) is 0 Å². The van der Waals surface area contributed by atoms with Gasteiger partial charge in [-0.25, -0.2) is 0 Å². The van der Waals surface area contributed by atoms with Crippen molar-refractivity contribution in [3.63, 3.8) is 0 Å². The highest BCUT2D eigenvalue weighted by Crippen LogP contribution is 2.30. The molecule has 2 fully saturated rings. The Balaban J connectivity index is 1.93. The quantitative estimate of drug-likeness (QED) is 0.836. The van der Waals surface area contributed by atoms with Crippen molar-refractivity contribution in [3.05, 3.63) is 0 Å². The molecule has 2 saturated heterocycles. The summed E-state index contributed by atoms with van der Waals surface area (Å²) in [5.41, 5.74) is 0.0949. The summed E-state index contributed by atoms with van der Waals surface area (Å²) < 4.78 is 6.15. The zero-order valence-corrected chi connectivity index (χ0v) is 12.7. The Bertz CT molecular complexity index is 278. The lowest BCUT2D eigenvalue weighted by Gasteiger charge is -2.42. The summed E-state index contributed by atoms with van der Waals surface area (Å²) in [5.74, 6) is 0.708. The minimum Gasteiger partial charge on any atom is -0.371 e. The van der Waals surface area contributed by atoms with Crippen LogP contribution in [0.1, 0.15) is 47.5 Å². The second kappa shape index (κ2) is 5.48. The summed E-state index contributed by atoms with van der Waals surface area (Å²) in [4.78, 5) is 2.65. The fourth-order valence-electron chi connectivity index (χ4n) is 3.34. The van der Waals surface area contributed by atoms with Gasteiger partial charge >= 0.3 is 0 Å². The molecule has 3 heteroatoms. The number of piperazine rings is 1. The molecule has 3 unspecified atom stereocenters. The van der Waals surface area contributed by atoms with Crippen LogP contribution in [0.4, 0.5) is 0 Å². The highest BCUT2D eigenvalue weighted by Gasteiger charge is 2.35.